The van der Waals surface area contributed by atoms with Gasteiger partial charge in [-0.2, -0.15) is 0 Å². The van der Waals surface area contributed by atoms with Crippen LogP contribution >= 0.6 is 0 Å². The van der Waals surface area contributed by atoms with Crippen LogP contribution in [0.25, 0.3) is 0 Å². The summed E-state index contributed by atoms with van der Waals surface area (Å²) in [7, 11) is 0. The highest BCUT2D eigenvalue weighted by atomic mass is 16.6. The topological polar surface area (TPSA) is 89.7 Å². The first-order chi connectivity index (χ1) is 9.49. The number of phenols is 1. The van der Waals surface area contributed by atoms with Crippen molar-refractivity contribution in [2.24, 2.45) is 0 Å². The van der Waals surface area contributed by atoms with Gasteiger partial charge in [0.2, 0.25) is 0 Å². The summed E-state index contributed by atoms with van der Waals surface area (Å²) in [6.45, 7) is 3.62. The average Bonchev–Trinajstić information content (AvgIpc) is 2.43. The molecule has 0 amide bonds. The molecule has 0 aliphatic carbocycles. The van der Waals surface area contributed by atoms with E-state index >= 15 is 0 Å². The highest BCUT2D eigenvalue weighted by molar-refractivity contribution is 5.93. The van der Waals surface area contributed by atoms with E-state index in [1.165, 1.54) is 0 Å². The number of carbonyl (C=O) groups excluding carboxylic acids is 1. The van der Waals surface area contributed by atoms with Gasteiger partial charge in [-0.3, -0.25) is 10.1 Å². The quantitative estimate of drug-likeness (QED) is 0.293. The van der Waals surface area contributed by atoms with Crippen molar-refractivity contribution in [3.8, 4) is 5.75 Å². The third-order valence-electron chi connectivity index (χ3n) is 2.42. The van der Waals surface area contributed by atoms with Crippen LogP contribution < -0.4 is 0 Å². The molecule has 0 spiro atoms. The number of rotatable bonds is 5. The number of hydrogen-bond acceptors (Lipinski definition) is 5. The molecule has 0 bridgehead atoms. The smallest absolute Gasteiger partial charge is 0.347 e. The minimum atomic E-state index is -0.847. The third-order valence-corrected chi connectivity index (χ3v) is 2.42. The maximum atomic E-state index is 11.9. The SMILES string of the molecule is C/C=C(\C=C/CC)OC(=O)c1cc([N+](=O)[O-])ccc1O. The number of aromatic hydroxyl groups is 1. The molecule has 0 atom stereocenters. The number of benzene rings is 1. The number of ether oxygens (including phenoxy) is 1. The van der Waals surface area contributed by atoms with E-state index in [-0.39, 0.29) is 17.0 Å². The van der Waals surface area contributed by atoms with Crippen LogP contribution in [0.1, 0.15) is 30.6 Å². The molecule has 1 N–H and O–H groups in total. The molecule has 0 aliphatic rings. The Balaban J connectivity index is 3.00. The molecule has 0 saturated carbocycles. The fourth-order valence-electron chi connectivity index (χ4n) is 1.39. The molecule has 0 fully saturated rings. The zero-order valence-electron chi connectivity index (χ0n) is 11.2. The summed E-state index contributed by atoms with van der Waals surface area (Å²) in [6.07, 6.45) is 5.78. The van der Waals surface area contributed by atoms with Crippen LogP contribution in [-0.2, 0) is 4.74 Å². The van der Waals surface area contributed by atoms with Crippen LogP contribution in [0.15, 0.2) is 42.2 Å². The van der Waals surface area contributed by atoms with E-state index < -0.39 is 10.9 Å². The summed E-state index contributed by atoms with van der Waals surface area (Å²) in [6, 6.07) is 3.18. The van der Waals surface area contributed by atoms with Gasteiger partial charge in [0.25, 0.3) is 5.69 Å². The standard InChI is InChI=1S/C14H15NO5/c1-3-5-6-11(4-2)20-14(17)12-9-10(15(18)19)7-8-13(12)16/h4-9,16H,3H2,1-2H3/b6-5-,11-4+. The number of nitrogens with zero attached hydrogens (tertiary/aromatic N) is 1. The normalized spacial score (nSPS) is 11.6. The first kappa shape index (κ1) is 15.4. The predicted octanol–water partition coefficient (Wildman–Crippen LogP) is 3.33. The van der Waals surface area contributed by atoms with Gasteiger partial charge in [-0.25, -0.2) is 4.79 Å². The highest BCUT2D eigenvalue weighted by Gasteiger charge is 2.18. The summed E-state index contributed by atoms with van der Waals surface area (Å²) in [5, 5.41) is 20.2. The summed E-state index contributed by atoms with van der Waals surface area (Å²) < 4.78 is 5.06. The van der Waals surface area contributed by atoms with E-state index in [0.29, 0.717) is 5.76 Å². The van der Waals surface area contributed by atoms with Crippen molar-refractivity contribution < 1.29 is 19.6 Å². The van der Waals surface area contributed by atoms with Gasteiger partial charge in [-0.1, -0.05) is 13.0 Å². The monoisotopic (exact) mass is 277 g/mol. The van der Waals surface area contributed by atoms with E-state index in [0.717, 1.165) is 24.6 Å². The van der Waals surface area contributed by atoms with Gasteiger partial charge in [0, 0.05) is 12.1 Å². The Morgan fingerprint density at radius 2 is 2.20 bits per heavy atom. The molecule has 0 aliphatic heterocycles. The van der Waals surface area contributed by atoms with Crippen LogP contribution in [0.5, 0.6) is 5.75 Å². The maximum absolute atomic E-state index is 11.9. The van der Waals surface area contributed by atoms with Gasteiger partial charge in [-0.05, 0) is 31.6 Å². The highest BCUT2D eigenvalue weighted by Crippen LogP contribution is 2.24. The molecule has 106 valence electrons. The number of hydrogen-bond donors (Lipinski definition) is 1. The summed E-state index contributed by atoms with van der Waals surface area (Å²) in [5.41, 5.74) is -0.538. The molecule has 1 aromatic rings. The van der Waals surface area contributed by atoms with Gasteiger partial charge >= 0.3 is 5.97 Å². The molecule has 20 heavy (non-hydrogen) atoms. The van der Waals surface area contributed by atoms with E-state index in [9.17, 15) is 20.0 Å². The van der Waals surface area contributed by atoms with Crippen molar-refractivity contribution in [2.75, 3.05) is 0 Å². The number of carbonyl (C=O) groups is 1. The lowest BCUT2D eigenvalue weighted by atomic mass is 10.2. The molecule has 0 saturated heterocycles. The first-order valence-corrected chi connectivity index (χ1v) is 6.02. The van der Waals surface area contributed by atoms with E-state index in [1.54, 1.807) is 25.2 Å². The molecule has 0 radical (unpaired) electrons. The molecular weight excluding hydrogens is 262 g/mol. The molecule has 1 aromatic carbocycles. The molecule has 1 rings (SSSR count). The van der Waals surface area contributed by atoms with E-state index in [1.807, 2.05) is 6.92 Å². The molecule has 0 aromatic heterocycles. The number of nitro benzene ring substituents is 1. The maximum Gasteiger partial charge on any atom is 0.347 e. The molecule has 0 heterocycles. The van der Waals surface area contributed by atoms with Crippen molar-refractivity contribution in [3.63, 3.8) is 0 Å². The lowest BCUT2D eigenvalue weighted by Crippen LogP contribution is -2.05. The third kappa shape index (κ3) is 3.94. The number of phenolic OH excluding ortho intramolecular Hbond substituents is 1. The minimum Gasteiger partial charge on any atom is -0.507 e. The predicted molar refractivity (Wildman–Crippen MR) is 73.4 cm³/mol. The Labute approximate surface area is 116 Å². The van der Waals surface area contributed by atoms with Crippen molar-refractivity contribution in [3.05, 3.63) is 57.9 Å². The number of nitro groups is 1. The summed E-state index contributed by atoms with van der Waals surface area (Å²) in [4.78, 5) is 21.9. The van der Waals surface area contributed by atoms with Crippen molar-refractivity contribution in [2.45, 2.75) is 20.3 Å². The summed E-state index contributed by atoms with van der Waals surface area (Å²) in [5.74, 6) is -0.904. The fourth-order valence-corrected chi connectivity index (χ4v) is 1.39. The van der Waals surface area contributed by atoms with Gasteiger partial charge < -0.3 is 9.84 Å². The zero-order valence-corrected chi connectivity index (χ0v) is 11.2. The Kier molecular flexibility index (Phi) is 5.46. The van der Waals surface area contributed by atoms with Crippen LogP contribution in [-0.4, -0.2) is 16.0 Å². The van der Waals surface area contributed by atoms with Gasteiger partial charge in [0.1, 0.15) is 17.1 Å². The second kappa shape index (κ2) is 7.08. The largest absolute Gasteiger partial charge is 0.507 e. The Hall–Kier alpha value is -2.63. The Morgan fingerprint density at radius 1 is 1.50 bits per heavy atom. The number of esters is 1. The van der Waals surface area contributed by atoms with Crippen molar-refractivity contribution in [1.82, 2.24) is 0 Å². The van der Waals surface area contributed by atoms with Crippen molar-refractivity contribution in [1.29, 1.82) is 0 Å². The Bertz CT molecular complexity index is 575. The van der Waals surface area contributed by atoms with E-state index in [2.05, 4.69) is 0 Å². The molecular formula is C14H15NO5. The van der Waals surface area contributed by atoms with Crippen LogP contribution in [0.2, 0.25) is 0 Å². The number of non-ortho nitro benzene ring substituents is 1. The second-order valence-corrected chi connectivity index (χ2v) is 3.85. The second-order valence-electron chi connectivity index (χ2n) is 3.85. The number of allylic oxidation sites excluding steroid dienone is 3. The van der Waals surface area contributed by atoms with Crippen LogP contribution in [0.3, 0.4) is 0 Å². The zero-order chi connectivity index (χ0) is 15.1. The van der Waals surface area contributed by atoms with Gasteiger partial charge in [0.15, 0.2) is 0 Å². The van der Waals surface area contributed by atoms with Crippen LogP contribution in [0, 0.1) is 10.1 Å². The molecule has 6 nitrogen and oxygen atoms in total. The molecule has 0 unspecified atom stereocenters. The lowest BCUT2D eigenvalue weighted by Gasteiger charge is -2.06. The fraction of sp³-hybridized carbons (Fsp3) is 0.214. The lowest BCUT2D eigenvalue weighted by molar-refractivity contribution is -0.384. The van der Waals surface area contributed by atoms with Crippen molar-refractivity contribution >= 4 is 11.7 Å². The van der Waals surface area contributed by atoms with Crippen LogP contribution in [0.4, 0.5) is 5.69 Å². The van der Waals surface area contributed by atoms with Gasteiger partial charge in [0.05, 0.1) is 4.92 Å². The average molecular weight is 277 g/mol. The van der Waals surface area contributed by atoms with E-state index in [4.69, 9.17) is 4.74 Å². The first-order valence-electron chi connectivity index (χ1n) is 6.02. The summed E-state index contributed by atoms with van der Waals surface area (Å²) >= 11 is 0. The Morgan fingerprint density at radius 3 is 2.75 bits per heavy atom. The van der Waals surface area contributed by atoms with Gasteiger partial charge in [-0.15, -0.1) is 0 Å². The molecule has 6 heteroatoms. The minimum absolute atomic E-state index is 0.247.